The zero-order valence-electron chi connectivity index (χ0n) is 8.50. The van der Waals surface area contributed by atoms with Crippen LogP contribution in [0.2, 0.25) is 0 Å². The van der Waals surface area contributed by atoms with Crippen molar-refractivity contribution in [3.8, 4) is 11.8 Å². The molecule has 3 nitrogen and oxygen atoms in total. The third-order valence-electron chi connectivity index (χ3n) is 2.07. The van der Waals surface area contributed by atoms with E-state index >= 15 is 0 Å². The normalized spacial score (nSPS) is 9.93. The maximum absolute atomic E-state index is 4.07. The molecule has 0 amide bonds. The molecule has 0 saturated carbocycles. The van der Waals surface area contributed by atoms with Gasteiger partial charge < -0.3 is 0 Å². The number of pyridine rings is 1. The lowest BCUT2D eigenvalue weighted by Crippen LogP contribution is -1.95. The van der Waals surface area contributed by atoms with Crippen LogP contribution in [0.1, 0.15) is 24.0 Å². The molecule has 0 aromatic carbocycles. The monoisotopic (exact) mass is 185 g/mol. The molecule has 0 radical (unpaired) electrons. The van der Waals surface area contributed by atoms with Crippen LogP contribution in [0.4, 0.5) is 0 Å². The quantitative estimate of drug-likeness (QED) is 0.585. The molecule has 0 bridgehead atoms. The number of aryl methyl sites for hydroxylation is 2. The summed E-state index contributed by atoms with van der Waals surface area (Å²) in [5, 5.41) is 8.09. The van der Waals surface area contributed by atoms with Crippen LogP contribution < -0.4 is 0 Å². The first-order valence-electron chi connectivity index (χ1n) is 4.47. The minimum atomic E-state index is 0.861. The van der Waals surface area contributed by atoms with Gasteiger partial charge in [0, 0.05) is 0 Å². The highest BCUT2D eigenvalue weighted by Crippen LogP contribution is 2.10. The Morgan fingerprint density at radius 3 is 2.71 bits per heavy atom. The molecule has 14 heavy (non-hydrogen) atoms. The van der Waals surface area contributed by atoms with Crippen LogP contribution in [0.15, 0.2) is 12.1 Å². The van der Waals surface area contributed by atoms with Gasteiger partial charge in [0.05, 0.1) is 5.69 Å². The molecule has 2 heterocycles. The summed E-state index contributed by atoms with van der Waals surface area (Å²) in [5.41, 5.74) is 2.97. The van der Waals surface area contributed by atoms with Gasteiger partial charge in [0.1, 0.15) is 5.82 Å². The Kier molecular flexibility index (Phi) is 1.97. The van der Waals surface area contributed by atoms with Crippen molar-refractivity contribution in [3.05, 3.63) is 29.2 Å². The molecular weight excluding hydrogens is 174 g/mol. The van der Waals surface area contributed by atoms with Crippen LogP contribution in [0.3, 0.4) is 0 Å². The highest BCUT2D eigenvalue weighted by molar-refractivity contribution is 5.47. The van der Waals surface area contributed by atoms with E-state index in [4.69, 9.17) is 0 Å². The van der Waals surface area contributed by atoms with Crippen molar-refractivity contribution in [2.45, 2.75) is 20.8 Å². The number of hydrogen-bond donors (Lipinski definition) is 0. The number of hydrogen-bond acceptors (Lipinski definition) is 2. The molecule has 2 rings (SSSR count). The molecule has 0 aliphatic rings. The summed E-state index contributed by atoms with van der Waals surface area (Å²) < 4.78 is 1.96. The van der Waals surface area contributed by atoms with E-state index in [0.29, 0.717) is 0 Å². The second kappa shape index (κ2) is 3.15. The third kappa shape index (κ3) is 1.25. The number of rotatable bonds is 0. The highest BCUT2D eigenvalue weighted by atomic mass is 15.2. The minimum absolute atomic E-state index is 0.861. The van der Waals surface area contributed by atoms with Crippen molar-refractivity contribution < 1.29 is 0 Å². The topological polar surface area (TPSA) is 30.2 Å². The molecule has 0 saturated heterocycles. The molecule has 0 unspecified atom stereocenters. The van der Waals surface area contributed by atoms with E-state index in [1.165, 1.54) is 0 Å². The van der Waals surface area contributed by atoms with Crippen LogP contribution >= 0.6 is 0 Å². The van der Waals surface area contributed by atoms with Gasteiger partial charge in [0.15, 0.2) is 5.65 Å². The summed E-state index contributed by atoms with van der Waals surface area (Å²) in [5.74, 6) is 6.82. The molecule has 3 heteroatoms. The number of nitrogens with zero attached hydrogens (tertiary/aromatic N) is 3. The average molecular weight is 185 g/mol. The van der Waals surface area contributed by atoms with Crippen molar-refractivity contribution in [1.29, 1.82) is 0 Å². The molecule has 0 atom stereocenters. The van der Waals surface area contributed by atoms with E-state index in [2.05, 4.69) is 22.0 Å². The van der Waals surface area contributed by atoms with Gasteiger partial charge in [0.2, 0.25) is 0 Å². The minimum Gasteiger partial charge on any atom is -0.272 e. The van der Waals surface area contributed by atoms with E-state index < -0.39 is 0 Å². The van der Waals surface area contributed by atoms with Gasteiger partial charge in [-0.3, -0.25) is 4.40 Å². The first kappa shape index (κ1) is 8.76. The molecule has 70 valence electrons. The first-order chi connectivity index (χ1) is 6.72. The summed E-state index contributed by atoms with van der Waals surface area (Å²) in [6.45, 7) is 5.79. The fourth-order valence-corrected chi connectivity index (χ4v) is 1.52. The van der Waals surface area contributed by atoms with Crippen molar-refractivity contribution in [2.24, 2.45) is 0 Å². The van der Waals surface area contributed by atoms with Crippen molar-refractivity contribution in [2.75, 3.05) is 0 Å². The van der Waals surface area contributed by atoms with Crippen molar-refractivity contribution in [1.82, 2.24) is 14.6 Å². The first-order valence-corrected chi connectivity index (χ1v) is 4.47. The van der Waals surface area contributed by atoms with E-state index in [-0.39, 0.29) is 0 Å². The predicted octanol–water partition coefficient (Wildman–Crippen LogP) is 1.72. The number of fused-ring (bicyclic) bond motifs is 1. The Labute approximate surface area is 82.8 Å². The SMILES string of the molecule is CC#Cc1cc(C)cc2nnc(C)n12. The standard InChI is InChI=1S/C11H11N3/c1-4-5-10-6-8(2)7-11-13-12-9(3)14(10)11/h6-7H,1-3H3. The molecule has 0 N–H and O–H groups in total. The Hall–Kier alpha value is -1.82. The van der Waals surface area contributed by atoms with Gasteiger partial charge in [-0.2, -0.15) is 0 Å². The zero-order chi connectivity index (χ0) is 10.1. The summed E-state index contributed by atoms with van der Waals surface area (Å²) in [4.78, 5) is 0. The van der Waals surface area contributed by atoms with E-state index in [1.807, 2.05) is 37.3 Å². The maximum Gasteiger partial charge on any atom is 0.162 e. The Morgan fingerprint density at radius 1 is 1.21 bits per heavy atom. The van der Waals surface area contributed by atoms with Crippen molar-refractivity contribution >= 4 is 5.65 Å². The molecule has 2 aromatic heterocycles. The Bertz CT molecular complexity index is 541. The summed E-state index contributed by atoms with van der Waals surface area (Å²) >= 11 is 0. The average Bonchev–Trinajstić information content (AvgIpc) is 2.48. The smallest absolute Gasteiger partial charge is 0.162 e. The summed E-state index contributed by atoms with van der Waals surface area (Å²) in [7, 11) is 0. The van der Waals surface area contributed by atoms with Gasteiger partial charge in [-0.05, 0) is 44.4 Å². The van der Waals surface area contributed by atoms with Crippen LogP contribution in [-0.2, 0) is 0 Å². The lowest BCUT2D eigenvalue weighted by molar-refractivity contribution is 0.997. The predicted molar refractivity (Wildman–Crippen MR) is 55.0 cm³/mol. The summed E-state index contributed by atoms with van der Waals surface area (Å²) in [6.07, 6.45) is 0. The second-order valence-electron chi connectivity index (χ2n) is 3.23. The Morgan fingerprint density at radius 2 is 2.00 bits per heavy atom. The molecule has 0 fully saturated rings. The van der Waals surface area contributed by atoms with Crippen LogP contribution in [-0.4, -0.2) is 14.6 Å². The fourth-order valence-electron chi connectivity index (χ4n) is 1.52. The molecule has 0 aliphatic carbocycles. The van der Waals surface area contributed by atoms with Gasteiger partial charge in [0.25, 0.3) is 0 Å². The highest BCUT2D eigenvalue weighted by Gasteiger charge is 2.04. The van der Waals surface area contributed by atoms with E-state index in [1.54, 1.807) is 0 Å². The summed E-state index contributed by atoms with van der Waals surface area (Å²) in [6, 6.07) is 4.04. The zero-order valence-corrected chi connectivity index (χ0v) is 8.50. The molecule has 0 spiro atoms. The van der Waals surface area contributed by atoms with Gasteiger partial charge >= 0.3 is 0 Å². The van der Waals surface area contributed by atoms with E-state index in [9.17, 15) is 0 Å². The molecule has 2 aromatic rings. The maximum atomic E-state index is 4.07. The second-order valence-corrected chi connectivity index (χ2v) is 3.23. The van der Waals surface area contributed by atoms with E-state index in [0.717, 1.165) is 22.7 Å². The van der Waals surface area contributed by atoms with Crippen LogP contribution in [0, 0.1) is 25.7 Å². The van der Waals surface area contributed by atoms with Crippen LogP contribution in [0.25, 0.3) is 5.65 Å². The van der Waals surface area contributed by atoms with Crippen LogP contribution in [0.5, 0.6) is 0 Å². The lowest BCUT2D eigenvalue weighted by Gasteiger charge is -2.00. The largest absolute Gasteiger partial charge is 0.272 e. The molecular formula is C11H11N3. The lowest BCUT2D eigenvalue weighted by atomic mass is 10.2. The van der Waals surface area contributed by atoms with Gasteiger partial charge in [-0.15, -0.1) is 10.2 Å². The third-order valence-corrected chi connectivity index (χ3v) is 2.07. The molecule has 0 aliphatic heterocycles. The van der Waals surface area contributed by atoms with Crippen molar-refractivity contribution in [3.63, 3.8) is 0 Å². The fraction of sp³-hybridized carbons (Fsp3) is 0.273. The Balaban J connectivity index is 2.88. The van der Waals surface area contributed by atoms with Gasteiger partial charge in [-0.25, -0.2) is 0 Å². The number of aromatic nitrogens is 3. The van der Waals surface area contributed by atoms with Gasteiger partial charge in [-0.1, -0.05) is 5.92 Å².